The maximum Gasteiger partial charge on any atom is 0.416 e. The number of rotatable bonds is 11. The third-order valence-electron chi connectivity index (χ3n) is 7.06. The minimum absolute atomic E-state index is 0.0646. The Kier molecular flexibility index (Phi) is 10.6. The van der Waals surface area contributed by atoms with Crippen molar-refractivity contribution in [3.8, 4) is 0 Å². The molecule has 1 unspecified atom stereocenters. The summed E-state index contributed by atoms with van der Waals surface area (Å²) >= 11 is 0. The number of likely N-dealkylation sites (tertiary alicyclic amines) is 1. The maximum atomic E-state index is 12.9. The monoisotopic (exact) mass is 517 g/mol. The topological polar surface area (TPSA) is 53.1 Å². The summed E-state index contributed by atoms with van der Waals surface area (Å²) in [5.41, 5.74) is -0.832. The molecule has 10 heteroatoms. The van der Waals surface area contributed by atoms with Crippen molar-refractivity contribution in [1.82, 2.24) is 14.1 Å². The summed E-state index contributed by atoms with van der Waals surface area (Å²) in [7, 11) is 1.60. The Balaban J connectivity index is 1.31. The molecule has 6 nitrogen and oxygen atoms in total. The molecule has 0 spiro atoms. The Morgan fingerprint density at radius 2 is 1.77 bits per heavy atom. The van der Waals surface area contributed by atoms with Crippen molar-refractivity contribution >= 4 is 16.9 Å². The number of hydrogen-bond acceptors (Lipinski definition) is 4. The molecule has 1 amide bonds. The molecular weight excluding hydrogens is 479 g/mol. The fraction of sp³-hybridized carbons (Fsp3) is 0.720. The maximum absolute atomic E-state index is 12.9. The van der Waals surface area contributed by atoms with Gasteiger partial charge in [-0.3, -0.25) is 4.79 Å². The van der Waals surface area contributed by atoms with Crippen LogP contribution in [0.25, 0.3) is 0 Å². The molecule has 0 bridgehead atoms. The standard InChI is InChI=1S/C25H38F3N3O3S/c1-29(17-20-8-10-21(11-9-20)18-31-12-3-4-13-31)24(32)19-34-15-14-30(2)35(33)23-7-5-6-22(16-23)25(26,27)28/h5-7,16,20-21H,3-4,8-15,17-19H2,1-2H3. The predicted octanol–water partition coefficient (Wildman–Crippen LogP) is 4.04. The minimum Gasteiger partial charge on any atom is -0.370 e. The van der Waals surface area contributed by atoms with Crippen LogP contribution in [0.1, 0.15) is 44.1 Å². The van der Waals surface area contributed by atoms with Gasteiger partial charge in [-0.1, -0.05) is 6.07 Å². The van der Waals surface area contributed by atoms with Crippen molar-refractivity contribution in [1.29, 1.82) is 0 Å². The van der Waals surface area contributed by atoms with Crippen LogP contribution >= 0.6 is 0 Å². The van der Waals surface area contributed by atoms with Gasteiger partial charge in [-0.2, -0.15) is 13.2 Å². The first kappa shape index (κ1) is 28.1. The minimum atomic E-state index is -4.48. The molecule has 1 atom stereocenters. The summed E-state index contributed by atoms with van der Waals surface area (Å²) in [6.07, 6.45) is 2.94. The summed E-state index contributed by atoms with van der Waals surface area (Å²) in [6, 6.07) is 4.49. The van der Waals surface area contributed by atoms with E-state index in [0.717, 1.165) is 37.4 Å². The zero-order chi connectivity index (χ0) is 25.4. The van der Waals surface area contributed by atoms with Crippen LogP contribution < -0.4 is 0 Å². The molecule has 1 saturated heterocycles. The Morgan fingerprint density at radius 3 is 2.43 bits per heavy atom. The normalized spacial score (nSPS) is 22.5. The van der Waals surface area contributed by atoms with Crippen molar-refractivity contribution < 1.29 is 26.9 Å². The lowest BCUT2D eigenvalue weighted by Gasteiger charge is -2.33. The average Bonchev–Trinajstić information content (AvgIpc) is 3.35. The summed E-state index contributed by atoms with van der Waals surface area (Å²) in [4.78, 5) is 16.9. The second kappa shape index (κ2) is 13.2. The first-order valence-electron chi connectivity index (χ1n) is 12.5. The number of alkyl halides is 3. The molecule has 1 aliphatic carbocycles. The number of hydrogen-bond donors (Lipinski definition) is 0. The Morgan fingerprint density at radius 1 is 1.11 bits per heavy atom. The molecular formula is C25H38F3N3O3S. The van der Waals surface area contributed by atoms with E-state index >= 15 is 0 Å². The molecule has 1 aliphatic heterocycles. The van der Waals surface area contributed by atoms with Crippen LogP contribution in [-0.4, -0.2) is 84.3 Å². The fourth-order valence-corrected chi connectivity index (χ4v) is 5.95. The van der Waals surface area contributed by atoms with Crippen molar-refractivity contribution in [3.05, 3.63) is 29.8 Å². The van der Waals surface area contributed by atoms with Gasteiger partial charge in [-0.05, 0) is 81.6 Å². The molecule has 0 radical (unpaired) electrons. The highest BCUT2D eigenvalue weighted by molar-refractivity contribution is 7.82. The first-order chi connectivity index (χ1) is 16.6. The van der Waals surface area contributed by atoms with Crippen molar-refractivity contribution in [2.24, 2.45) is 11.8 Å². The van der Waals surface area contributed by atoms with E-state index < -0.39 is 22.7 Å². The summed E-state index contributed by atoms with van der Waals surface area (Å²) in [5.74, 6) is 1.22. The van der Waals surface area contributed by atoms with Crippen molar-refractivity contribution in [2.75, 3.05) is 60.0 Å². The Bertz CT molecular complexity index is 841. The molecule has 35 heavy (non-hydrogen) atoms. The molecule has 3 rings (SSSR count). The number of likely N-dealkylation sites (N-methyl/N-ethyl adjacent to an activating group) is 2. The van der Waals surface area contributed by atoms with Gasteiger partial charge in [0, 0.05) is 33.7 Å². The van der Waals surface area contributed by atoms with E-state index in [1.54, 1.807) is 19.0 Å². The molecule has 1 aromatic carbocycles. The number of carbonyl (C=O) groups is 1. The van der Waals surface area contributed by atoms with Gasteiger partial charge in [0.1, 0.15) is 17.6 Å². The summed E-state index contributed by atoms with van der Waals surface area (Å²) < 4.78 is 58.1. The molecule has 198 valence electrons. The van der Waals surface area contributed by atoms with E-state index in [9.17, 15) is 22.2 Å². The van der Waals surface area contributed by atoms with E-state index in [4.69, 9.17) is 4.74 Å². The zero-order valence-corrected chi connectivity index (χ0v) is 21.6. The molecule has 2 fully saturated rings. The second-order valence-corrected chi connectivity index (χ2v) is 11.4. The number of halogens is 3. The summed E-state index contributed by atoms with van der Waals surface area (Å²) in [5, 5.41) is 0. The lowest BCUT2D eigenvalue weighted by molar-refractivity contribution is -0.138. The van der Waals surface area contributed by atoms with Crippen LogP contribution in [-0.2, 0) is 26.7 Å². The highest BCUT2D eigenvalue weighted by Gasteiger charge is 2.31. The first-order valence-corrected chi connectivity index (χ1v) is 13.6. The van der Waals surface area contributed by atoms with Gasteiger partial charge in [-0.15, -0.1) is 0 Å². The molecule has 2 aliphatic rings. The third-order valence-corrected chi connectivity index (χ3v) is 8.47. The highest BCUT2D eigenvalue weighted by Crippen LogP contribution is 2.31. The SMILES string of the molecule is CN(CC1CCC(CN2CCCC2)CC1)C(=O)COCCN(C)S(=O)c1cccc(C(F)(F)F)c1. The zero-order valence-electron chi connectivity index (χ0n) is 20.8. The second-order valence-electron chi connectivity index (χ2n) is 9.85. The molecule has 0 aromatic heterocycles. The number of benzene rings is 1. The fourth-order valence-electron chi connectivity index (χ4n) is 4.92. The predicted molar refractivity (Wildman–Crippen MR) is 130 cm³/mol. The van der Waals surface area contributed by atoms with E-state index in [2.05, 4.69) is 4.90 Å². The van der Waals surface area contributed by atoms with Gasteiger partial charge < -0.3 is 14.5 Å². The molecule has 1 saturated carbocycles. The van der Waals surface area contributed by atoms with E-state index in [0.29, 0.717) is 5.92 Å². The van der Waals surface area contributed by atoms with E-state index in [1.165, 1.54) is 61.8 Å². The highest BCUT2D eigenvalue weighted by atomic mass is 32.2. The quantitative estimate of drug-likeness (QED) is 0.416. The number of carbonyl (C=O) groups excluding carboxylic acids is 1. The van der Waals surface area contributed by atoms with Crippen LogP contribution in [0, 0.1) is 11.8 Å². The van der Waals surface area contributed by atoms with Crippen molar-refractivity contribution in [3.63, 3.8) is 0 Å². The van der Waals surface area contributed by atoms with Crippen molar-refractivity contribution in [2.45, 2.75) is 49.6 Å². The van der Waals surface area contributed by atoms with Gasteiger partial charge in [0.2, 0.25) is 5.91 Å². The molecule has 1 heterocycles. The third kappa shape index (κ3) is 8.84. The van der Waals surface area contributed by atoms with Crippen LogP contribution in [0.3, 0.4) is 0 Å². The van der Waals surface area contributed by atoms with Gasteiger partial charge in [0.25, 0.3) is 0 Å². The molecule has 0 N–H and O–H groups in total. The average molecular weight is 518 g/mol. The van der Waals surface area contributed by atoms with Crippen LogP contribution in [0.5, 0.6) is 0 Å². The number of ether oxygens (including phenoxy) is 1. The van der Waals surface area contributed by atoms with Gasteiger partial charge in [0.05, 0.1) is 17.1 Å². The van der Waals surface area contributed by atoms with Crippen LogP contribution in [0.4, 0.5) is 13.2 Å². The van der Waals surface area contributed by atoms with E-state index in [-0.39, 0.29) is 30.6 Å². The molecule has 1 aromatic rings. The van der Waals surface area contributed by atoms with Crippen LogP contribution in [0.15, 0.2) is 29.2 Å². The van der Waals surface area contributed by atoms with Gasteiger partial charge in [0.15, 0.2) is 0 Å². The lowest BCUT2D eigenvalue weighted by atomic mass is 9.81. The largest absolute Gasteiger partial charge is 0.416 e. The van der Waals surface area contributed by atoms with Gasteiger partial charge >= 0.3 is 6.18 Å². The lowest BCUT2D eigenvalue weighted by Crippen LogP contribution is -2.37. The van der Waals surface area contributed by atoms with Crippen LogP contribution in [0.2, 0.25) is 0 Å². The number of amides is 1. The Hall–Kier alpha value is -1.49. The number of nitrogens with zero attached hydrogens (tertiary/aromatic N) is 3. The van der Waals surface area contributed by atoms with E-state index in [1.807, 2.05) is 0 Å². The smallest absolute Gasteiger partial charge is 0.370 e. The Labute approximate surface area is 209 Å². The van der Waals surface area contributed by atoms with Gasteiger partial charge in [-0.25, -0.2) is 8.51 Å². The summed E-state index contributed by atoms with van der Waals surface area (Å²) in [6.45, 7) is 4.76.